The van der Waals surface area contributed by atoms with Gasteiger partial charge in [-0.15, -0.1) is 0 Å². The first-order valence-corrected chi connectivity index (χ1v) is 5.01. The van der Waals surface area contributed by atoms with E-state index in [0.717, 1.165) is 0 Å². The number of non-ortho nitro benzene ring substituents is 1. The zero-order chi connectivity index (χ0) is 13.3. The lowest BCUT2D eigenvalue weighted by atomic mass is 10.2. The van der Waals surface area contributed by atoms with E-state index in [9.17, 15) is 14.9 Å². The molecule has 0 unspecified atom stereocenters. The van der Waals surface area contributed by atoms with Crippen molar-refractivity contribution in [3.8, 4) is 5.69 Å². The summed E-state index contributed by atoms with van der Waals surface area (Å²) in [5.41, 5.74) is 1.06. The molecule has 0 aliphatic heterocycles. The Morgan fingerprint density at radius 2 is 2.17 bits per heavy atom. The van der Waals surface area contributed by atoms with Crippen LogP contribution in [0, 0.1) is 17.0 Å². The Labute approximate surface area is 101 Å². The molecule has 7 nitrogen and oxygen atoms in total. The van der Waals surface area contributed by atoms with Gasteiger partial charge in [-0.1, -0.05) is 0 Å². The fourth-order valence-electron chi connectivity index (χ4n) is 1.57. The molecule has 1 heterocycles. The summed E-state index contributed by atoms with van der Waals surface area (Å²) < 4.78 is 1.43. The van der Waals surface area contributed by atoms with E-state index in [1.165, 1.54) is 29.2 Å². The van der Waals surface area contributed by atoms with Crippen LogP contribution >= 0.6 is 0 Å². The van der Waals surface area contributed by atoms with Crippen LogP contribution in [0.1, 0.15) is 16.1 Å². The van der Waals surface area contributed by atoms with Gasteiger partial charge >= 0.3 is 5.97 Å². The van der Waals surface area contributed by atoms with E-state index in [4.69, 9.17) is 5.11 Å². The predicted molar refractivity (Wildman–Crippen MR) is 61.9 cm³/mol. The molecule has 0 atom stereocenters. The number of rotatable bonds is 3. The second kappa shape index (κ2) is 4.28. The number of imidazole rings is 1. The number of hydrogen-bond donors (Lipinski definition) is 1. The molecule has 2 aromatic rings. The van der Waals surface area contributed by atoms with Gasteiger partial charge in [-0.3, -0.25) is 10.1 Å². The number of carboxylic acid groups (broad SMARTS) is 1. The average molecular weight is 247 g/mol. The van der Waals surface area contributed by atoms with Crippen molar-refractivity contribution in [3.63, 3.8) is 0 Å². The molecule has 1 aromatic carbocycles. The van der Waals surface area contributed by atoms with E-state index in [0.29, 0.717) is 11.3 Å². The molecule has 92 valence electrons. The van der Waals surface area contributed by atoms with Crippen LogP contribution in [-0.2, 0) is 0 Å². The lowest BCUT2D eigenvalue weighted by Gasteiger charge is -2.03. The minimum Gasteiger partial charge on any atom is -0.476 e. The molecule has 0 bridgehead atoms. The number of aryl methyl sites for hydroxylation is 1. The van der Waals surface area contributed by atoms with Gasteiger partial charge < -0.3 is 9.67 Å². The Balaban J connectivity index is 2.49. The highest BCUT2D eigenvalue weighted by atomic mass is 16.6. The number of nitro benzene ring substituents is 1. The van der Waals surface area contributed by atoms with Crippen molar-refractivity contribution in [2.45, 2.75) is 6.92 Å². The number of hydrogen-bond acceptors (Lipinski definition) is 4. The van der Waals surface area contributed by atoms with Crippen LogP contribution in [0.2, 0.25) is 0 Å². The molecule has 0 fully saturated rings. The van der Waals surface area contributed by atoms with Crippen LogP contribution in [0.4, 0.5) is 5.69 Å². The number of carboxylic acids is 1. The summed E-state index contributed by atoms with van der Waals surface area (Å²) in [6.07, 6.45) is 2.61. The lowest BCUT2D eigenvalue weighted by Crippen LogP contribution is -1.97. The molecule has 1 N–H and O–H groups in total. The first kappa shape index (κ1) is 11.8. The number of carbonyl (C=O) groups is 1. The van der Waals surface area contributed by atoms with Crippen LogP contribution in [0.5, 0.6) is 0 Å². The van der Waals surface area contributed by atoms with Gasteiger partial charge in [0.15, 0.2) is 5.69 Å². The zero-order valence-electron chi connectivity index (χ0n) is 9.40. The van der Waals surface area contributed by atoms with Gasteiger partial charge in [0.2, 0.25) is 0 Å². The highest BCUT2D eigenvalue weighted by Crippen LogP contribution is 2.19. The minimum atomic E-state index is -1.14. The molecule has 0 radical (unpaired) electrons. The Hall–Kier alpha value is -2.70. The van der Waals surface area contributed by atoms with Crippen LogP contribution in [0.15, 0.2) is 30.7 Å². The smallest absolute Gasteiger partial charge is 0.356 e. The largest absolute Gasteiger partial charge is 0.476 e. The van der Waals surface area contributed by atoms with Crippen molar-refractivity contribution in [2.75, 3.05) is 0 Å². The summed E-state index contributed by atoms with van der Waals surface area (Å²) in [4.78, 5) is 24.6. The summed E-state index contributed by atoms with van der Waals surface area (Å²) in [6, 6.07) is 4.51. The minimum absolute atomic E-state index is 0.0458. The van der Waals surface area contributed by atoms with E-state index in [-0.39, 0.29) is 11.4 Å². The highest BCUT2D eigenvalue weighted by molar-refractivity contribution is 5.85. The van der Waals surface area contributed by atoms with E-state index in [1.54, 1.807) is 13.0 Å². The molecule has 0 amide bonds. The number of nitro groups is 1. The first-order chi connectivity index (χ1) is 8.47. The number of benzene rings is 1. The third kappa shape index (κ3) is 2.19. The maximum atomic E-state index is 10.7. The molecule has 2 rings (SSSR count). The molecule has 0 aliphatic carbocycles. The maximum absolute atomic E-state index is 10.7. The lowest BCUT2D eigenvalue weighted by molar-refractivity contribution is -0.384. The quantitative estimate of drug-likeness (QED) is 0.658. The van der Waals surface area contributed by atoms with Crippen LogP contribution < -0.4 is 0 Å². The monoisotopic (exact) mass is 247 g/mol. The second-order valence-corrected chi connectivity index (χ2v) is 3.76. The van der Waals surface area contributed by atoms with Gasteiger partial charge in [-0.2, -0.15) is 0 Å². The van der Waals surface area contributed by atoms with Crippen molar-refractivity contribution in [1.82, 2.24) is 9.55 Å². The molecule has 0 saturated carbocycles. The van der Waals surface area contributed by atoms with Gasteiger partial charge in [0, 0.05) is 18.3 Å². The Morgan fingerprint density at radius 1 is 1.44 bits per heavy atom. The van der Waals surface area contributed by atoms with Crippen molar-refractivity contribution < 1.29 is 14.8 Å². The summed E-state index contributed by atoms with van der Waals surface area (Å²) in [5.74, 6) is -1.14. The molecular weight excluding hydrogens is 238 g/mol. The highest BCUT2D eigenvalue weighted by Gasteiger charge is 2.11. The van der Waals surface area contributed by atoms with E-state index in [1.807, 2.05) is 0 Å². The Bertz CT molecular complexity index is 633. The van der Waals surface area contributed by atoms with Crippen LogP contribution in [0.25, 0.3) is 5.69 Å². The third-order valence-electron chi connectivity index (χ3n) is 2.36. The van der Waals surface area contributed by atoms with Gasteiger partial charge in [-0.05, 0) is 18.6 Å². The SMILES string of the molecule is Cc1cc(-n2cnc(C(=O)O)c2)cc([N+](=O)[O-])c1. The maximum Gasteiger partial charge on any atom is 0.356 e. The van der Waals surface area contributed by atoms with Gasteiger partial charge in [0.25, 0.3) is 5.69 Å². The van der Waals surface area contributed by atoms with E-state index in [2.05, 4.69) is 4.98 Å². The van der Waals surface area contributed by atoms with E-state index < -0.39 is 10.9 Å². The zero-order valence-corrected chi connectivity index (χ0v) is 9.40. The first-order valence-electron chi connectivity index (χ1n) is 5.01. The molecule has 18 heavy (non-hydrogen) atoms. The molecule has 0 spiro atoms. The number of aromatic carboxylic acids is 1. The topological polar surface area (TPSA) is 98.3 Å². The van der Waals surface area contributed by atoms with Gasteiger partial charge in [0.1, 0.15) is 6.33 Å². The summed E-state index contributed by atoms with van der Waals surface area (Å²) in [7, 11) is 0. The summed E-state index contributed by atoms with van der Waals surface area (Å²) >= 11 is 0. The van der Waals surface area contributed by atoms with Crippen LogP contribution in [-0.4, -0.2) is 25.6 Å². The molecule has 7 heteroatoms. The molecule has 0 saturated heterocycles. The Kier molecular flexibility index (Phi) is 2.80. The Morgan fingerprint density at radius 3 is 2.72 bits per heavy atom. The van der Waals surface area contributed by atoms with Gasteiger partial charge in [0.05, 0.1) is 10.6 Å². The predicted octanol–water partition coefficient (Wildman–Crippen LogP) is 1.79. The molecule has 0 aliphatic rings. The summed E-state index contributed by atoms with van der Waals surface area (Å²) in [6.45, 7) is 1.73. The van der Waals surface area contributed by atoms with Crippen LogP contribution in [0.3, 0.4) is 0 Å². The number of nitrogens with zero attached hydrogens (tertiary/aromatic N) is 3. The normalized spacial score (nSPS) is 10.3. The van der Waals surface area contributed by atoms with Gasteiger partial charge in [-0.25, -0.2) is 9.78 Å². The fourth-order valence-corrected chi connectivity index (χ4v) is 1.57. The van der Waals surface area contributed by atoms with E-state index >= 15 is 0 Å². The summed E-state index contributed by atoms with van der Waals surface area (Å²) in [5, 5.41) is 19.5. The van der Waals surface area contributed by atoms with Crippen molar-refractivity contribution in [2.24, 2.45) is 0 Å². The number of aromatic nitrogens is 2. The van der Waals surface area contributed by atoms with Crippen molar-refractivity contribution >= 4 is 11.7 Å². The molecule has 1 aromatic heterocycles. The fraction of sp³-hybridized carbons (Fsp3) is 0.0909. The third-order valence-corrected chi connectivity index (χ3v) is 2.36. The standard InChI is InChI=1S/C11H9N3O4/c1-7-2-8(4-9(3-7)14(17)18)13-5-10(11(15)16)12-6-13/h2-6H,1H3,(H,15,16). The van der Waals surface area contributed by atoms with Crippen molar-refractivity contribution in [3.05, 3.63) is 52.1 Å². The van der Waals surface area contributed by atoms with Crippen molar-refractivity contribution in [1.29, 1.82) is 0 Å². The second-order valence-electron chi connectivity index (χ2n) is 3.76. The average Bonchev–Trinajstić information content (AvgIpc) is 2.77. The molecular formula is C11H9N3O4.